The smallest absolute Gasteiger partial charge is 0.263 e. The van der Waals surface area contributed by atoms with Crippen LogP contribution in [0.25, 0.3) is 0 Å². The first-order valence-corrected chi connectivity index (χ1v) is 5.24. The molecule has 1 unspecified atom stereocenters. The molecule has 0 aliphatic rings. The minimum atomic E-state index is -2.52. The molecule has 0 saturated heterocycles. The van der Waals surface area contributed by atoms with Crippen LogP contribution < -0.4 is 10.6 Å². The number of halogens is 2. The number of hydrogen-bond acceptors (Lipinski definition) is 3. The second-order valence-corrected chi connectivity index (χ2v) is 4.03. The Bertz CT molecular complexity index is 426. The second kappa shape index (κ2) is 5.48. The molecule has 0 radical (unpaired) electrons. The van der Waals surface area contributed by atoms with Crippen molar-refractivity contribution >= 4 is 11.4 Å². The fourth-order valence-corrected chi connectivity index (χ4v) is 1.61. The molecule has 92 valence electrons. The quantitative estimate of drug-likeness (QED) is 0.822. The van der Waals surface area contributed by atoms with Gasteiger partial charge in [0.15, 0.2) is 0 Å². The van der Waals surface area contributed by atoms with Gasteiger partial charge < -0.3 is 10.6 Å². The number of benzene rings is 1. The molecule has 5 heteroatoms. The maximum Gasteiger partial charge on any atom is 0.263 e. The molecule has 0 aromatic heterocycles. The van der Waals surface area contributed by atoms with E-state index < -0.39 is 6.43 Å². The standard InChI is InChI=1S/C12H15F2N3/c1-8(6-15)7-17(2)11-4-3-9(12(13)14)5-10(11)16/h3-5,8,12H,7,16H2,1-2H3. The van der Waals surface area contributed by atoms with Crippen LogP contribution in [0.1, 0.15) is 18.9 Å². The number of anilines is 2. The van der Waals surface area contributed by atoms with E-state index in [-0.39, 0.29) is 11.5 Å². The lowest BCUT2D eigenvalue weighted by molar-refractivity contribution is 0.151. The van der Waals surface area contributed by atoms with Crippen molar-refractivity contribution in [1.29, 1.82) is 5.26 Å². The number of nitrogens with zero attached hydrogens (tertiary/aromatic N) is 2. The molecule has 3 nitrogen and oxygen atoms in total. The lowest BCUT2D eigenvalue weighted by Gasteiger charge is -2.22. The van der Waals surface area contributed by atoms with Crippen LogP contribution in [0.15, 0.2) is 18.2 Å². The van der Waals surface area contributed by atoms with E-state index in [0.717, 1.165) is 0 Å². The Hall–Kier alpha value is -1.83. The topological polar surface area (TPSA) is 53.0 Å². The number of nitriles is 1. The Morgan fingerprint density at radius 3 is 2.59 bits per heavy atom. The molecule has 0 heterocycles. The van der Waals surface area contributed by atoms with Crippen molar-refractivity contribution < 1.29 is 8.78 Å². The summed E-state index contributed by atoms with van der Waals surface area (Å²) in [5, 5.41) is 8.71. The van der Waals surface area contributed by atoms with Crippen molar-refractivity contribution in [1.82, 2.24) is 0 Å². The molecule has 0 spiro atoms. The lowest BCUT2D eigenvalue weighted by Crippen LogP contribution is -2.24. The lowest BCUT2D eigenvalue weighted by atomic mass is 10.1. The Kier molecular flexibility index (Phi) is 4.27. The number of hydrogen-bond donors (Lipinski definition) is 1. The van der Waals surface area contributed by atoms with E-state index in [2.05, 4.69) is 6.07 Å². The van der Waals surface area contributed by atoms with E-state index in [1.165, 1.54) is 12.1 Å². The molecule has 1 atom stereocenters. The van der Waals surface area contributed by atoms with Crippen molar-refractivity contribution in [3.8, 4) is 6.07 Å². The Morgan fingerprint density at radius 1 is 1.47 bits per heavy atom. The van der Waals surface area contributed by atoms with Gasteiger partial charge in [0, 0.05) is 19.2 Å². The third-order valence-corrected chi connectivity index (χ3v) is 2.48. The van der Waals surface area contributed by atoms with Crippen molar-refractivity contribution in [2.45, 2.75) is 13.3 Å². The van der Waals surface area contributed by atoms with Gasteiger partial charge in [-0.1, -0.05) is 6.07 Å². The van der Waals surface area contributed by atoms with Crippen molar-refractivity contribution in [3.63, 3.8) is 0 Å². The maximum absolute atomic E-state index is 12.4. The second-order valence-electron chi connectivity index (χ2n) is 4.03. The minimum absolute atomic E-state index is 0.0898. The first-order chi connectivity index (χ1) is 7.95. The zero-order chi connectivity index (χ0) is 13.0. The van der Waals surface area contributed by atoms with Crippen LogP contribution in [0.5, 0.6) is 0 Å². The maximum atomic E-state index is 12.4. The third-order valence-electron chi connectivity index (χ3n) is 2.48. The summed E-state index contributed by atoms with van der Waals surface area (Å²) in [5.74, 6) is -0.144. The Balaban J connectivity index is 2.89. The highest BCUT2D eigenvalue weighted by atomic mass is 19.3. The molecule has 0 aliphatic carbocycles. The monoisotopic (exact) mass is 239 g/mol. The number of alkyl halides is 2. The largest absolute Gasteiger partial charge is 0.397 e. The average molecular weight is 239 g/mol. The Labute approximate surface area is 99.4 Å². The molecule has 0 fully saturated rings. The summed E-state index contributed by atoms with van der Waals surface area (Å²) < 4.78 is 24.9. The summed E-state index contributed by atoms with van der Waals surface area (Å²) in [6, 6.07) is 6.29. The summed E-state index contributed by atoms with van der Waals surface area (Å²) in [6.45, 7) is 2.30. The van der Waals surface area contributed by atoms with Crippen molar-refractivity contribution in [3.05, 3.63) is 23.8 Å². The third kappa shape index (κ3) is 3.31. The van der Waals surface area contributed by atoms with Crippen LogP contribution in [0, 0.1) is 17.2 Å². The highest BCUT2D eigenvalue weighted by Gasteiger charge is 2.12. The molecule has 17 heavy (non-hydrogen) atoms. The highest BCUT2D eigenvalue weighted by Crippen LogP contribution is 2.28. The fraction of sp³-hybridized carbons (Fsp3) is 0.417. The predicted molar refractivity (Wildman–Crippen MR) is 63.9 cm³/mol. The van der Waals surface area contributed by atoms with Crippen LogP contribution in [-0.4, -0.2) is 13.6 Å². The van der Waals surface area contributed by atoms with Crippen LogP contribution in [0.4, 0.5) is 20.2 Å². The van der Waals surface area contributed by atoms with Crippen LogP contribution >= 0.6 is 0 Å². The van der Waals surface area contributed by atoms with Crippen LogP contribution in [0.3, 0.4) is 0 Å². The highest BCUT2D eigenvalue weighted by molar-refractivity contribution is 5.68. The average Bonchev–Trinajstić information content (AvgIpc) is 2.28. The van der Waals surface area contributed by atoms with E-state index in [0.29, 0.717) is 17.9 Å². The summed E-state index contributed by atoms with van der Waals surface area (Å²) in [4.78, 5) is 1.79. The van der Waals surface area contributed by atoms with Gasteiger partial charge in [0.2, 0.25) is 0 Å². The van der Waals surface area contributed by atoms with Gasteiger partial charge in [0.1, 0.15) is 0 Å². The van der Waals surface area contributed by atoms with Gasteiger partial charge in [-0.2, -0.15) is 5.26 Å². The van der Waals surface area contributed by atoms with Gasteiger partial charge in [-0.25, -0.2) is 8.78 Å². The number of rotatable bonds is 4. The molecule has 2 N–H and O–H groups in total. The van der Waals surface area contributed by atoms with Crippen molar-refractivity contribution in [2.24, 2.45) is 5.92 Å². The summed E-state index contributed by atoms with van der Waals surface area (Å²) >= 11 is 0. The molecule has 1 aromatic carbocycles. The summed E-state index contributed by atoms with van der Waals surface area (Å²) in [6.07, 6.45) is -2.52. The van der Waals surface area contributed by atoms with E-state index in [4.69, 9.17) is 11.0 Å². The molecule has 0 aliphatic heterocycles. The van der Waals surface area contributed by atoms with E-state index >= 15 is 0 Å². The minimum Gasteiger partial charge on any atom is -0.397 e. The number of nitrogens with two attached hydrogens (primary N) is 1. The van der Waals surface area contributed by atoms with Gasteiger partial charge in [-0.3, -0.25) is 0 Å². The molecule has 1 rings (SSSR count). The molecule has 0 amide bonds. The Morgan fingerprint density at radius 2 is 2.12 bits per heavy atom. The summed E-state index contributed by atoms with van der Waals surface area (Å²) in [5.41, 5.74) is 6.59. The van der Waals surface area contributed by atoms with E-state index in [1.807, 2.05) is 0 Å². The normalized spacial score (nSPS) is 12.2. The summed E-state index contributed by atoms with van der Waals surface area (Å²) in [7, 11) is 1.78. The zero-order valence-corrected chi connectivity index (χ0v) is 9.82. The van der Waals surface area contributed by atoms with Crippen molar-refractivity contribution in [2.75, 3.05) is 24.2 Å². The first kappa shape index (κ1) is 13.2. The SMILES string of the molecule is CC(C#N)CN(C)c1ccc(C(F)F)cc1N. The number of nitrogen functional groups attached to an aromatic ring is 1. The van der Waals surface area contributed by atoms with E-state index in [9.17, 15) is 8.78 Å². The fourth-order valence-electron chi connectivity index (χ4n) is 1.61. The van der Waals surface area contributed by atoms with Gasteiger partial charge >= 0.3 is 0 Å². The van der Waals surface area contributed by atoms with E-state index in [1.54, 1.807) is 24.9 Å². The van der Waals surface area contributed by atoms with Gasteiger partial charge in [-0.15, -0.1) is 0 Å². The molecule has 0 bridgehead atoms. The zero-order valence-electron chi connectivity index (χ0n) is 9.82. The van der Waals surface area contributed by atoms with Gasteiger partial charge in [0.05, 0.1) is 23.4 Å². The first-order valence-electron chi connectivity index (χ1n) is 5.24. The van der Waals surface area contributed by atoms with Gasteiger partial charge in [-0.05, 0) is 19.1 Å². The molecule has 1 aromatic rings. The molecular formula is C12H15F2N3. The van der Waals surface area contributed by atoms with Crippen LogP contribution in [-0.2, 0) is 0 Å². The van der Waals surface area contributed by atoms with Crippen LogP contribution in [0.2, 0.25) is 0 Å². The molecular weight excluding hydrogens is 224 g/mol. The molecule has 0 saturated carbocycles. The van der Waals surface area contributed by atoms with Gasteiger partial charge in [0.25, 0.3) is 6.43 Å². The predicted octanol–water partition coefficient (Wildman–Crippen LogP) is 2.80.